The van der Waals surface area contributed by atoms with Crippen LogP contribution >= 0.6 is 0 Å². The largest absolute Gasteiger partial charge is 0.386 e. The molecule has 164 valence electrons. The van der Waals surface area contributed by atoms with Crippen molar-refractivity contribution in [1.29, 1.82) is 0 Å². The number of fused-ring (bicyclic) bond motifs is 1. The average molecular weight is 425 g/mol. The minimum absolute atomic E-state index is 0.211. The molecule has 3 aromatic rings. The van der Waals surface area contributed by atoms with Gasteiger partial charge in [-0.15, -0.1) is 0 Å². The Morgan fingerprint density at radius 2 is 1.87 bits per heavy atom. The summed E-state index contributed by atoms with van der Waals surface area (Å²) in [5.41, 5.74) is 4.23. The second-order valence-corrected chi connectivity index (χ2v) is 9.02. The predicted molar refractivity (Wildman–Crippen MR) is 121 cm³/mol. The third kappa shape index (κ3) is 5.37. The summed E-state index contributed by atoms with van der Waals surface area (Å²) >= 11 is 0. The molecular formula is C22H28N6O3. The Hall–Kier alpha value is -3.46. The van der Waals surface area contributed by atoms with Crippen molar-refractivity contribution in [2.24, 2.45) is 5.73 Å². The molecule has 0 aliphatic heterocycles. The summed E-state index contributed by atoms with van der Waals surface area (Å²) in [5.74, 6) is 0.771. The first-order valence-corrected chi connectivity index (χ1v) is 9.90. The maximum atomic E-state index is 13.0. The fourth-order valence-electron chi connectivity index (χ4n) is 3.12. The molecule has 0 saturated carbocycles. The molecule has 9 heteroatoms. The van der Waals surface area contributed by atoms with E-state index in [2.05, 4.69) is 20.6 Å². The highest BCUT2D eigenvalue weighted by atomic mass is 16.3. The van der Waals surface area contributed by atoms with E-state index in [1.807, 2.05) is 20.8 Å². The summed E-state index contributed by atoms with van der Waals surface area (Å²) in [4.78, 5) is 33.2. The Morgan fingerprint density at radius 1 is 1.16 bits per heavy atom. The number of carbonyl (C=O) groups excluding carboxylic acids is 1. The van der Waals surface area contributed by atoms with Gasteiger partial charge in [0, 0.05) is 17.9 Å². The standard InChI is InChI=1S/C22H28N6O3/c1-21(2,3)27-19-18-13(7-9-28(20(18)30)12-15(23)29)10-17(26-19)25-16-11-14(6-8-24-16)22(4,5)31/h6-11,31H,12H2,1-5H3,(H2,23,29)(H2,24,25,26,27). The third-order valence-corrected chi connectivity index (χ3v) is 4.50. The Labute approximate surface area is 180 Å². The highest BCUT2D eigenvalue weighted by Crippen LogP contribution is 2.27. The van der Waals surface area contributed by atoms with Crippen LogP contribution < -0.4 is 21.9 Å². The van der Waals surface area contributed by atoms with Gasteiger partial charge in [0.1, 0.15) is 24.0 Å². The quantitative estimate of drug-likeness (QED) is 0.477. The van der Waals surface area contributed by atoms with Crippen LogP contribution in [0.2, 0.25) is 0 Å². The number of rotatable bonds is 6. The fraction of sp³-hybridized carbons (Fsp3) is 0.364. The highest BCUT2D eigenvalue weighted by Gasteiger charge is 2.19. The third-order valence-electron chi connectivity index (χ3n) is 4.50. The number of hydrogen-bond donors (Lipinski definition) is 4. The van der Waals surface area contributed by atoms with Crippen molar-refractivity contribution in [3.8, 4) is 0 Å². The molecule has 3 aromatic heterocycles. The Morgan fingerprint density at radius 3 is 2.48 bits per heavy atom. The van der Waals surface area contributed by atoms with Crippen LogP contribution in [0.4, 0.5) is 17.5 Å². The van der Waals surface area contributed by atoms with Gasteiger partial charge in [-0.05, 0) is 69.8 Å². The number of carbonyl (C=O) groups is 1. The van der Waals surface area contributed by atoms with Crippen LogP contribution in [0.25, 0.3) is 10.8 Å². The van der Waals surface area contributed by atoms with Gasteiger partial charge < -0.3 is 26.0 Å². The number of aliphatic hydroxyl groups is 1. The highest BCUT2D eigenvalue weighted by molar-refractivity contribution is 5.93. The lowest BCUT2D eigenvalue weighted by Crippen LogP contribution is -2.30. The van der Waals surface area contributed by atoms with Gasteiger partial charge in [0.15, 0.2) is 0 Å². The predicted octanol–water partition coefficient (Wildman–Crippen LogP) is 2.46. The second-order valence-electron chi connectivity index (χ2n) is 9.02. The van der Waals surface area contributed by atoms with E-state index < -0.39 is 11.5 Å². The molecule has 3 heterocycles. The van der Waals surface area contributed by atoms with E-state index in [0.29, 0.717) is 33.8 Å². The molecule has 0 fully saturated rings. The van der Waals surface area contributed by atoms with Crippen LogP contribution in [0.15, 0.2) is 41.5 Å². The van der Waals surface area contributed by atoms with Gasteiger partial charge in [-0.3, -0.25) is 9.59 Å². The number of amides is 1. The van der Waals surface area contributed by atoms with Crippen molar-refractivity contribution >= 4 is 34.1 Å². The fourth-order valence-corrected chi connectivity index (χ4v) is 3.12. The number of anilines is 3. The van der Waals surface area contributed by atoms with Crippen LogP contribution in [0.1, 0.15) is 40.2 Å². The Balaban J connectivity index is 2.12. The lowest BCUT2D eigenvalue weighted by Gasteiger charge is -2.23. The van der Waals surface area contributed by atoms with Gasteiger partial charge in [-0.1, -0.05) is 0 Å². The second kappa shape index (κ2) is 7.99. The molecular weight excluding hydrogens is 396 g/mol. The zero-order valence-electron chi connectivity index (χ0n) is 18.4. The molecule has 31 heavy (non-hydrogen) atoms. The molecule has 3 rings (SSSR count). The topological polar surface area (TPSA) is 135 Å². The van der Waals surface area contributed by atoms with Gasteiger partial charge in [0.25, 0.3) is 5.56 Å². The van der Waals surface area contributed by atoms with Crippen molar-refractivity contribution in [2.75, 3.05) is 10.6 Å². The molecule has 9 nitrogen and oxygen atoms in total. The van der Waals surface area contributed by atoms with Crippen LogP contribution in [0, 0.1) is 0 Å². The number of nitrogens with two attached hydrogens (primary N) is 1. The maximum absolute atomic E-state index is 13.0. The molecule has 0 aromatic carbocycles. The minimum atomic E-state index is -1.01. The molecule has 0 radical (unpaired) electrons. The van der Waals surface area contributed by atoms with Crippen LogP contribution in [0.5, 0.6) is 0 Å². The Kier molecular flexibility index (Phi) is 5.73. The van der Waals surface area contributed by atoms with E-state index in [0.717, 1.165) is 0 Å². The van der Waals surface area contributed by atoms with Crippen LogP contribution in [0.3, 0.4) is 0 Å². The molecule has 1 amide bonds. The van der Waals surface area contributed by atoms with Gasteiger partial charge in [0.2, 0.25) is 5.91 Å². The first-order chi connectivity index (χ1) is 14.3. The van der Waals surface area contributed by atoms with E-state index in [-0.39, 0.29) is 17.6 Å². The molecule has 0 spiro atoms. The molecule has 0 aliphatic rings. The van der Waals surface area contributed by atoms with Crippen molar-refractivity contribution in [3.05, 3.63) is 52.6 Å². The molecule has 5 N–H and O–H groups in total. The number of pyridine rings is 3. The van der Waals surface area contributed by atoms with Gasteiger partial charge in [0.05, 0.1) is 11.0 Å². The first kappa shape index (κ1) is 22.2. The summed E-state index contributed by atoms with van der Waals surface area (Å²) in [6.07, 6.45) is 3.14. The molecule has 0 aliphatic carbocycles. The van der Waals surface area contributed by atoms with E-state index in [1.165, 1.54) is 10.8 Å². The number of nitrogens with zero attached hydrogens (tertiary/aromatic N) is 3. The summed E-state index contributed by atoms with van der Waals surface area (Å²) in [6, 6.07) is 6.96. The molecule has 0 bridgehead atoms. The minimum Gasteiger partial charge on any atom is -0.386 e. The average Bonchev–Trinajstić information content (AvgIpc) is 2.62. The van der Waals surface area contributed by atoms with Gasteiger partial charge in [-0.25, -0.2) is 9.97 Å². The summed E-state index contributed by atoms with van der Waals surface area (Å²) in [5, 5.41) is 17.7. The number of aromatic nitrogens is 3. The monoisotopic (exact) mass is 424 g/mol. The van der Waals surface area contributed by atoms with Gasteiger partial charge >= 0.3 is 0 Å². The van der Waals surface area contributed by atoms with Crippen molar-refractivity contribution < 1.29 is 9.90 Å². The van der Waals surface area contributed by atoms with Crippen LogP contribution in [-0.4, -0.2) is 31.1 Å². The van der Waals surface area contributed by atoms with E-state index >= 15 is 0 Å². The van der Waals surface area contributed by atoms with Crippen LogP contribution in [-0.2, 0) is 16.9 Å². The van der Waals surface area contributed by atoms with Crippen molar-refractivity contribution in [3.63, 3.8) is 0 Å². The van der Waals surface area contributed by atoms with E-state index in [9.17, 15) is 14.7 Å². The SMILES string of the molecule is CC(C)(C)Nc1nc(Nc2cc(C(C)(C)O)ccn2)cc2ccn(CC(N)=O)c(=O)c12. The smallest absolute Gasteiger partial charge is 0.262 e. The van der Waals surface area contributed by atoms with E-state index in [4.69, 9.17) is 5.73 Å². The van der Waals surface area contributed by atoms with E-state index in [1.54, 1.807) is 44.3 Å². The summed E-state index contributed by atoms with van der Waals surface area (Å²) in [7, 11) is 0. The van der Waals surface area contributed by atoms with Crippen molar-refractivity contribution in [1.82, 2.24) is 14.5 Å². The zero-order valence-corrected chi connectivity index (χ0v) is 18.4. The summed E-state index contributed by atoms with van der Waals surface area (Å²) < 4.78 is 1.27. The molecule has 0 atom stereocenters. The van der Waals surface area contributed by atoms with Gasteiger partial charge in [-0.2, -0.15) is 0 Å². The lowest BCUT2D eigenvalue weighted by molar-refractivity contribution is -0.118. The number of hydrogen-bond acceptors (Lipinski definition) is 7. The zero-order chi connectivity index (χ0) is 23.0. The molecule has 0 saturated heterocycles. The normalized spacial score (nSPS) is 12.1. The lowest BCUT2D eigenvalue weighted by atomic mass is 10.00. The molecule has 0 unspecified atom stereocenters. The maximum Gasteiger partial charge on any atom is 0.262 e. The summed E-state index contributed by atoms with van der Waals surface area (Å²) in [6.45, 7) is 9.06. The Bertz CT molecular complexity index is 1190. The number of nitrogens with one attached hydrogen (secondary N) is 2. The van der Waals surface area contributed by atoms with Crippen molar-refractivity contribution in [2.45, 2.75) is 52.3 Å². The number of primary amides is 1. The first-order valence-electron chi connectivity index (χ1n) is 9.90.